The summed E-state index contributed by atoms with van der Waals surface area (Å²) in [5.41, 5.74) is 1.37. The largest absolute Gasteiger partial charge is 0.454 e. The average molecular weight is 342 g/mol. The molecular weight excluding hydrogens is 328 g/mol. The van der Waals surface area contributed by atoms with Crippen LogP contribution in [0.15, 0.2) is 36.7 Å². The first-order valence-electron chi connectivity index (χ1n) is 7.16. The van der Waals surface area contributed by atoms with E-state index in [1.54, 1.807) is 35.6 Å². The molecule has 0 spiro atoms. The second-order valence-corrected chi connectivity index (χ2v) is 6.56. The number of hydrogen-bond donors (Lipinski definition) is 0. The molecular formula is C16H14N4O3S. The Morgan fingerprint density at radius 3 is 2.67 bits per heavy atom. The fourth-order valence-electron chi connectivity index (χ4n) is 2.31. The lowest BCUT2D eigenvalue weighted by molar-refractivity contribution is 0.0474. The van der Waals surface area contributed by atoms with Gasteiger partial charge in [-0.3, -0.25) is 4.79 Å². The quantitative estimate of drug-likeness (QED) is 0.523. The standard InChI is InChI=1S/C16H14N4O3S/c1-10-7-13(11(2)24-10)15(21)8-23-16(22)12-5-3-4-6-14(12)20-9-17-18-19-20/h3-7,9H,8H2,1-2H3. The van der Waals surface area contributed by atoms with Crippen LogP contribution in [0.4, 0.5) is 0 Å². The zero-order chi connectivity index (χ0) is 17.1. The van der Waals surface area contributed by atoms with Crippen molar-refractivity contribution in [2.45, 2.75) is 13.8 Å². The third-order valence-corrected chi connectivity index (χ3v) is 4.36. The molecule has 0 atom stereocenters. The molecule has 0 fully saturated rings. The van der Waals surface area contributed by atoms with Crippen LogP contribution in [0, 0.1) is 13.8 Å². The van der Waals surface area contributed by atoms with Crippen LogP contribution in [-0.2, 0) is 4.74 Å². The molecule has 0 aliphatic rings. The summed E-state index contributed by atoms with van der Waals surface area (Å²) >= 11 is 1.54. The number of aryl methyl sites for hydroxylation is 2. The number of thiophene rings is 1. The van der Waals surface area contributed by atoms with E-state index in [9.17, 15) is 9.59 Å². The molecule has 0 aliphatic heterocycles. The van der Waals surface area contributed by atoms with E-state index in [0.717, 1.165) is 9.75 Å². The van der Waals surface area contributed by atoms with Crippen LogP contribution in [0.5, 0.6) is 0 Å². The Morgan fingerprint density at radius 1 is 1.21 bits per heavy atom. The number of rotatable bonds is 5. The second-order valence-electron chi connectivity index (χ2n) is 5.10. The van der Waals surface area contributed by atoms with Crippen molar-refractivity contribution in [3.05, 3.63) is 57.5 Å². The van der Waals surface area contributed by atoms with Gasteiger partial charge in [0.05, 0.1) is 11.3 Å². The number of benzene rings is 1. The molecule has 1 aromatic carbocycles. The minimum atomic E-state index is -0.598. The van der Waals surface area contributed by atoms with Crippen LogP contribution in [0.1, 0.15) is 30.5 Å². The predicted molar refractivity (Wildman–Crippen MR) is 87.6 cm³/mol. The number of aromatic nitrogens is 4. The fourth-order valence-corrected chi connectivity index (χ4v) is 3.25. The Balaban J connectivity index is 1.74. The Morgan fingerprint density at radius 2 is 2.00 bits per heavy atom. The maximum Gasteiger partial charge on any atom is 0.340 e. The van der Waals surface area contributed by atoms with Gasteiger partial charge in [0, 0.05) is 15.3 Å². The van der Waals surface area contributed by atoms with Gasteiger partial charge in [-0.15, -0.1) is 16.4 Å². The van der Waals surface area contributed by atoms with Crippen LogP contribution in [-0.4, -0.2) is 38.6 Å². The Bertz CT molecular complexity index is 887. The van der Waals surface area contributed by atoms with E-state index in [4.69, 9.17) is 4.74 Å². The van der Waals surface area contributed by atoms with Crippen molar-refractivity contribution in [1.82, 2.24) is 20.2 Å². The number of Topliss-reactive ketones (excluding diaryl/α,β-unsaturated/α-hetero) is 1. The normalized spacial score (nSPS) is 10.6. The first-order chi connectivity index (χ1) is 11.6. The number of ketones is 1. The Kier molecular flexibility index (Phi) is 4.48. The summed E-state index contributed by atoms with van der Waals surface area (Å²) in [6.45, 7) is 3.50. The van der Waals surface area contributed by atoms with Crippen molar-refractivity contribution in [3.8, 4) is 5.69 Å². The minimum Gasteiger partial charge on any atom is -0.454 e. The van der Waals surface area contributed by atoms with E-state index >= 15 is 0 Å². The summed E-state index contributed by atoms with van der Waals surface area (Å²) in [6.07, 6.45) is 1.38. The van der Waals surface area contributed by atoms with Crippen molar-refractivity contribution in [3.63, 3.8) is 0 Å². The fraction of sp³-hybridized carbons (Fsp3) is 0.188. The molecule has 0 N–H and O–H groups in total. The summed E-state index contributed by atoms with van der Waals surface area (Å²) in [4.78, 5) is 26.5. The monoisotopic (exact) mass is 342 g/mol. The number of nitrogens with zero attached hydrogens (tertiary/aromatic N) is 4. The minimum absolute atomic E-state index is 0.217. The third kappa shape index (κ3) is 3.23. The third-order valence-electron chi connectivity index (χ3n) is 3.40. The van der Waals surface area contributed by atoms with Gasteiger partial charge in [-0.1, -0.05) is 12.1 Å². The van der Waals surface area contributed by atoms with Crippen molar-refractivity contribution >= 4 is 23.1 Å². The Hall–Kier alpha value is -2.87. The van der Waals surface area contributed by atoms with Gasteiger partial charge in [-0.25, -0.2) is 4.79 Å². The highest BCUT2D eigenvalue weighted by molar-refractivity contribution is 7.12. The number of ether oxygens (including phenoxy) is 1. The van der Waals surface area contributed by atoms with E-state index in [-0.39, 0.29) is 18.0 Å². The van der Waals surface area contributed by atoms with Gasteiger partial charge in [-0.05, 0) is 42.5 Å². The van der Waals surface area contributed by atoms with Crippen LogP contribution < -0.4 is 0 Å². The SMILES string of the molecule is Cc1cc(C(=O)COC(=O)c2ccccc2-n2cnnn2)c(C)s1. The zero-order valence-electron chi connectivity index (χ0n) is 13.1. The van der Waals surface area contributed by atoms with Crippen LogP contribution in [0.3, 0.4) is 0 Å². The summed E-state index contributed by atoms with van der Waals surface area (Å²) in [5, 5.41) is 10.9. The molecule has 2 heterocycles. The molecule has 0 unspecified atom stereocenters. The average Bonchev–Trinajstić information content (AvgIpc) is 3.22. The predicted octanol–water partition coefficient (Wildman–Crippen LogP) is 2.38. The molecule has 0 radical (unpaired) electrons. The topological polar surface area (TPSA) is 87.0 Å². The maximum atomic E-state index is 12.3. The van der Waals surface area contributed by atoms with E-state index in [0.29, 0.717) is 11.3 Å². The molecule has 0 amide bonds. The van der Waals surface area contributed by atoms with Crippen LogP contribution >= 0.6 is 11.3 Å². The summed E-state index contributed by atoms with van der Waals surface area (Å²) in [5.74, 6) is -0.816. The molecule has 24 heavy (non-hydrogen) atoms. The van der Waals surface area contributed by atoms with Gasteiger partial charge >= 0.3 is 5.97 Å². The second kappa shape index (κ2) is 6.71. The van der Waals surface area contributed by atoms with E-state index in [2.05, 4.69) is 15.5 Å². The van der Waals surface area contributed by atoms with Crippen molar-refractivity contribution in [2.24, 2.45) is 0 Å². The van der Waals surface area contributed by atoms with Crippen LogP contribution in [0.25, 0.3) is 5.69 Å². The molecule has 122 valence electrons. The molecule has 0 aliphatic carbocycles. The highest BCUT2D eigenvalue weighted by Gasteiger charge is 2.18. The number of hydrogen-bond acceptors (Lipinski definition) is 7. The molecule has 2 aromatic heterocycles. The van der Waals surface area contributed by atoms with Crippen molar-refractivity contribution in [2.75, 3.05) is 6.61 Å². The van der Waals surface area contributed by atoms with Gasteiger partial charge in [-0.2, -0.15) is 4.68 Å². The number of para-hydroxylation sites is 1. The zero-order valence-corrected chi connectivity index (χ0v) is 13.9. The number of carbonyl (C=O) groups excluding carboxylic acids is 2. The van der Waals surface area contributed by atoms with Crippen LogP contribution in [0.2, 0.25) is 0 Å². The first-order valence-corrected chi connectivity index (χ1v) is 7.97. The van der Waals surface area contributed by atoms with Gasteiger partial charge in [0.25, 0.3) is 0 Å². The number of esters is 1. The summed E-state index contributed by atoms with van der Waals surface area (Å²) in [7, 11) is 0. The van der Waals surface area contributed by atoms with E-state index < -0.39 is 5.97 Å². The van der Waals surface area contributed by atoms with E-state index in [1.807, 2.05) is 19.9 Å². The molecule has 0 saturated carbocycles. The number of carbonyl (C=O) groups is 2. The highest BCUT2D eigenvalue weighted by Crippen LogP contribution is 2.21. The highest BCUT2D eigenvalue weighted by atomic mass is 32.1. The summed E-state index contributed by atoms with van der Waals surface area (Å²) < 4.78 is 6.55. The lowest BCUT2D eigenvalue weighted by Crippen LogP contribution is -2.16. The van der Waals surface area contributed by atoms with E-state index in [1.165, 1.54) is 11.0 Å². The first kappa shape index (κ1) is 16.0. The summed E-state index contributed by atoms with van der Waals surface area (Å²) in [6, 6.07) is 8.57. The lowest BCUT2D eigenvalue weighted by atomic mass is 10.1. The van der Waals surface area contributed by atoms with Gasteiger partial charge in [0.2, 0.25) is 5.78 Å². The van der Waals surface area contributed by atoms with Crippen molar-refractivity contribution < 1.29 is 14.3 Å². The lowest BCUT2D eigenvalue weighted by Gasteiger charge is -2.08. The van der Waals surface area contributed by atoms with Crippen molar-refractivity contribution in [1.29, 1.82) is 0 Å². The number of tetrazole rings is 1. The molecule has 0 saturated heterocycles. The molecule has 3 rings (SSSR count). The Labute approximate surface area is 141 Å². The van der Waals surface area contributed by atoms with Gasteiger partial charge in [0.1, 0.15) is 6.33 Å². The molecule has 8 heteroatoms. The van der Waals surface area contributed by atoms with Gasteiger partial charge in [0.15, 0.2) is 6.61 Å². The molecule has 0 bridgehead atoms. The molecule has 7 nitrogen and oxygen atoms in total. The maximum absolute atomic E-state index is 12.3. The smallest absolute Gasteiger partial charge is 0.340 e. The van der Waals surface area contributed by atoms with Gasteiger partial charge < -0.3 is 4.74 Å². The molecule has 3 aromatic rings.